The summed E-state index contributed by atoms with van der Waals surface area (Å²) < 4.78 is 0. The van der Waals surface area contributed by atoms with Crippen molar-refractivity contribution in [3.8, 4) is 0 Å². The normalized spacial score (nSPS) is 13.0. The van der Waals surface area contributed by atoms with Gasteiger partial charge in [0.1, 0.15) is 0 Å². The summed E-state index contributed by atoms with van der Waals surface area (Å²) in [6, 6.07) is 0. The fourth-order valence-corrected chi connectivity index (χ4v) is 2.05. The predicted molar refractivity (Wildman–Crippen MR) is 88.8 cm³/mol. The molecule has 4 heteroatoms. The molecule has 2 N–H and O–H groups in total. The molecule has 0 heterocycles. The van der Waals surface area contributed by atoms with Crippen molar-refractivity contribution in [3.63, 3.8) is 0 Å². The number of rotatable bonds is 14. The number of unbranched alkanes of at least 4 members (excludes halogenated alkanes) is 5. The zero-order valence-corrected chi connectivity index (χ0v) is 13.7. The third kappa shape index (κ3) is 15.0. The number of hydrogen-bond acceptors (Lipinski definition) is 3. The summed E-state index contributed by atoms with van der Waals surface area (Å²) in [6.45, 7) is 2.08. The van der Waals surface area contributed by atoms with Crippen molar-refractivity contribution >= 4 is 11.8 Å². The van der Waals surface area contributed by atoms with Crippen LogP contribution in [0.4, 0.5) is 0 Å². The number of allylic oxidation sites excluding steroid dienone is 3. The van der Waals surface area contributed by atoms with E-state index in [-0.39, 0.29) is 12.2 Å². The van der Waals surface area contributed by atoms with E-state index in [9.17, 15) is 14.7 Å². The molecule has 0 aliphatic rings. The molecule has 0 unspecified atom stereocenters. The number of aliphatic hydroxyl groups excluding tert-OH is 1. The highest BCUT2D eigenvalue weighted by Gasteiger charge is 1.99. The topological polar surface area (TPSA) is 74.6 Å². The summed E-state index contributed by atoms with van der Waals surface area (Å²) in [7, 11) is 0. The second-order valence-corrected chi connectivity index (χ2v) is 5.58. The molecular formula is C18H30O4. The maximum Gasteiger partial charge on any atom is 0.303 e. The molecule has 126 valence electrons. The van der Waals surface area contributed by atoms with E-state index in [1.807, 2.05) is 0 Å². The SMILES string of the molecule is CCCC[C@@H](O)C=CC=CC(=O)CCCCCCCC(=O)O. The molecule has 0 aliphatic carbocycles. The van der Waals surface area contributed by atoms with Crippen LogP contribution >= 0.6 is 0 Å². The number of hydrogen-bond donors (Lipinski definition) is 2. The minimum Gasteiger partial charge on any atom is -0.481 e. The van der Waals surface area contributed by atoms with Crippen molar-refractivity contribution in [2.24, 2.45) is 0 Å². The summed E-state index contributed by atoms with van der Waals surface area (Å²) >= 11 is 0. The van der Waals surface area contributed by atoms with Crippen molar-refractivity contribution in [2.75, 3.05) is 0 Å². The van der Waals surface area contributed by atoms with Crippen LogP contribution in [0.5, 0.6) is 0 Å². The molecule has 0 aromatic rings. The van der Waals surface area contributed by atoms with Crippen LogP contribution in [0.15, 0.2) is 24.3 Å². The molecule has 1 atom stereocenters. The van der Waals surface area contributed by atoms with E-state index < -0.39 is 12.1 Å². The Morgan fingerprint density at radius 3 is 2.23 bits per heavy atom. The van der Waals surface area contributed by atoms with E-state index in [4.69, 9.17) is 5.11 Å². The van der Waals surface area contributed by atoms with Gasteiger partial charge in [-0.1, -0.05) is 57.3 Å². The first-order valence-corrected chi connectivity index (χ1v) is 8.33. The fourth-order valence-electron chi connectivity index (χ4n) is 2.05. The molecule has 0 amide bonds. The van der Waals surface area contributed by atoms with Gasteiger partial charge >= 0.3 is 5.97 Å². The Hall–Kier alpha value is -1.42. The first-order chi connectivity index (χ1) is 10.6. The summed E-state index contributed by atoms with van der Waals surface area (Å²) in [6.07, 6.45) is 14.3. The van der Waals surface area contributed by atoms with Crippen LogP contribution in [0.2, 0.25) is 0 Å². The van der Waals surface area contributed by atoms with Crippen molar-refractivity contribution in [2.45, 2.75) is 77.2 Å². The number of aliphatic hydroxyl groups is 1. The van der Waals surface area contributed by atoms with Crippen LogP contribution in [0.1, 0.15) is 71.1 Å². The van der Waals surface area contributed by atoms with E-state index in [1.165, 1.54) is 0 Å². The van der Waals surface area contributed by atoms with Gasteiger partial charge in [-0.25, -0.2) is 0 Å². The Bertz CT molecular complexity index is 358. The predicted octanol–water partition coefficient (Wildman–Crippen LogP) is 4.03. The highest BCUT2D eigenvalue weighted by atomic mass is 16.4. The van der Waals surface area contributed by atoms with E-state index in [1.54, 1.807) is 24.3 Å². The second kappa shape index (κ2) is 14.5. The zero-order valence-electron chi connectivity index (χ0n) is 13.7. The average Bonchev–Trinajstić information content (AvgIpc) is 2.48. The summed E-state index contributed by atoms with van der Waals surface area (Å²) in [5.41, 5.74) is 0. The number of carbonyl (C=O) groups excluding carboxylic acids is 1. The Labute approximate surface area is 133 Å². The lowest BCUT2D eigenvalue weighted by atomic mass is 10.1. The highest BCUT2D eigenvalue weighted by molar-refractivity contribution is 5.89. The van der Waals surface area contributed by atoms with Gasteiger partial charge in [-0.05, 0) is 25.3 Å². The zero-order chi connectivity index (χ0) is 16.6. The minimum absolute atomic E-state index is 0.0956. The first-order valence-electron chi connectivity index (χ1n) is 8.33. The van der Waals surface area contributed by atoms with Gasteiger partial charge < -0.3 is 10.2 Å². The van der Waals surface area contributed by atoms with Crippen LogP contribution in [0.25, 0.3) is 0 Å². The van der Waals surface area contributed by atoms with Crippen LogP contribution in [0.3, 0.4) is 0 Å². The van der Waals surface area contributed by atoms with Crippen molar-refractivity contribution < 1.29 is 19.8 Å². The third-order valence-electron chi connectivity index (χ3n) is 3.39. The van der Waals surface area contributed by atoms with Gasteiger partial charge in [0.05, 0.1) is 6.10 Å². The van der Waals surface area contributed by atoms with Gasteiger partial charge in [0.25, 0.3) is 0 Å². The molecule has 4 nitrogen and oxygen atoms in total. The molecule has 0 aromatic carbocycles. The van der Waals surface area contributed by atoms with Gasteiger partial charge in [0, 0.05) is 12.8 Å². The van der Waals surface area contributed by atoms with Crippen molar-refractivity contribution in [3.05, 3.63) is 24.3 Å². The molecule has 0 saturated heterocycles. The van der Waals surface area contributed by atoms with Crippen molar-refractivity contribution in [1.29, 1.82) is 0 Å². The maximum atomic E-state index is 11.6. The van der Waals surface area contributed by atoms with Crippen LogP contribution in [-0.2, 0) is 9.59 Å². The molecule has 0 aliphatic heterocycles. The number of carbonyl (C=O) groups is 2. The number of carboxylic acids is 1. The molecule has 0 bridgehead atoms. The molecule has 0 radical (unpaired) electrons. The Balaban J connectivity index is 3.58. The molecule has 0 fully saturated rings. The lowest BCUT2D eigenvalue weighted by Crippen LogP contribution is -2.00. The van der Waals surface area contributed by atoms with Gasteiger partial charge in [-0.3, -0.25) is 9.59 Å². The lowest BCUT2D eigenvalue weighted by molar-refractivity contribution is -0.137. The van der Waals surface area contributed by atoms with Gasteiger partial charge in [-0.2, -0.15) is 0 Å². The maximum absolute atomic E-state index is 11.6. The minimum atomic E-state index is -0.742. The van der Waals surface area contributed by atoms with Gasteiger partial charge in [0.15, 0.2) is 5.78 Å². The van der Waals surface area contributed by atoms with E-state index in [0.717, 1.165) is 44.9 Å². The molecular weight excluding hydrogens is 280 g/mol. The summed E-state index contributed by atoms with van der Waals surface area (Å²) in [5, 5.41) is 18.1. The number of aliphatic carboxylic acids is 1. The standard InChI is InChI=1S/C18H30O4/c1-2-3-11-16(19)13-9-10-14-17(20)12-7-5-4-6-8-15-18(21)22/h9-10,13-14,16,19H,2-8,11-12,15H2,1H3,(H,21,22)/t16-/m1/s1. The molecule has 0 rings (SSSR count). The average molecular weight is 310 g/mol. The Morgan fingerprint density at radius 1 is 0.955 bits per heavy atom. The largest absolute Gasteiger partial charge is 0.481 e. The lowest BCUT2D eigenvalue weighted by Gasteiger charge is -2.01. The molecule has 22 heavy (non-hydrogen) atoms. The van der Waals surface area contributed by atoms with Crippen LogP contribution in [0, 0.1) is 0 Å². The number of carboxylic acid groups (broad SMARTS) is 1. The highest BCUT2D eigenvalue weighted by Crippen LogP contribution is 2.08. The molecule has 0 saturated carbocycles. The summed E-state index contributed by atoms with van der Waals surface area (Å²) in [4.78, 5) is 21.9. The van der Waals surface area contributed by atoms with E-state index in [2.05, 4.69) is 6.92 Å². The monoisotopic (exact) mass is 310 g/mol. The van der Waals surface area contributed by atoms with Gasteiger partial charge in [0.2, 0.25) is 0 Å². The van der Waals surface area contributed by atoms with Crippen molar-refractivity contribution in [1.82, 2.24) is 0 Å². The fraction of sp³-hybridized carbons (Fsp3) is 0.667. The Morgan fingerprint density at radius 2 is 1.59 bits per heavy atom. The molecule has 0 spiro atoms. The number of ketones is 1. The first kappa shape index (κ1) is 20.6. The quantitative estimate of drug-likeness (QED) is 0.288. The Kier molecular flexibility index (Phi) is 13.6. The third-order valence-corrected chi connectivity index (χ3v) is 3.39. The van der Waals surface area contributed by atoms with Gasteiger partial charge in [-0.15, -0.1) is 0 Å². The summed E-state index contributed by atoms with van der Waals surface area (Å²) in [5.74, 6) is -0.647. The second-order valence-electron chi connectivity index (χ2n) is 5.58. The van der Waals surface area contributed by atoms with Crippen LogP contribution in [-0.4, -0.2) is 28.1 Å². The van der Waals surface area contributed by atoms with E-state index in [0.29, 0.717) is 12.8 Å². The van der Waals surface area contributed by atoms with Crippen LogP contribution < -0.4 is 0 Å². The smallest absolute Gasteiger partial charge is 0.303 e. The van der Waals surface area contributed by atoms with E-state index >= 15 is 0 Å². The molecule has 0 aromatic heterocycles.